The molecule has 1 nitrogen and oxygen atoms in total. The summed E-state index contributed by atoms with van der Waals surface area (Å²) in [6.07, 6.45) is 0. The predicted molar refractivity (Wildman–Crippen MR) is 70.6 cm³/mol. The van der Waals surface area contributed by atoms with Gasteiger partial charge in [-0.25, -0.2) is 0 Å². The minimum Gasteiger partial charge on any atom is -0.289 e. The van der Waals surface area contributed by atoms with Crippen LogP contribution >= 0.6 is 11.8 Å². The number of hydrogen-bond donors (Lipinski definition) is 0. The van der Waals surface area contributed by atoms with Crippen LogP contribution < -0.4 is 0 Å². The number of aryl methyl sites for hydroxylation is 1. The fourth-order valence-corrected chi connectivity index (χ4v) is 3.15. The van der Waals surface area contributed by atoms with Gasteiger partial charge >= 0.3 is 0 Å². The highest BCUT2D eigenvalue weighted by atomic mass is 32.2. The molecular weight excluding hydrogens is 228 g/mol. The minimum atomic E-state index is 0.157. The van der Waals surface area contributed by atoms with E-state index < -0.39 is 0 Å². The zero-order valence-electron chi connectivity index (χ0n) is 9.57. The molecular formula is C15H12OS. The zero-order valence-corrected chi connectivity index (χ0v) is 10.4. The third-order valence-electron chi connectivity index (χ3n) is 3.02. The molecule has 1 aliphatic rings. The Morgan fingerprint density at radius 3 is 2.76 bits per heavy atom. The van der Waals surface area contributed by atoms with Gasteiger partial charge in [0.25, 0.3) is 0 Å². The third-order valence-corrected chi connectivity index (χ3v) is 4.15. The lowest BCUT2D eigenvalue weighted by atomic mass is 9.98. The number of ketones is 1. The van der Waals surface area contributed by atoms with Gasteiger partial charge in [-0.15, -0.1) is 11.8 Å². The number of fused-ring (bicyclic) bond motifs is 2. The van der Waals surface area contributed by atoms with Crippen LogP contribution in [0.3, 0.4) is 0 Å². The van der Waals surface area contributed by atoms with Gasteiger partial charge in [-0.1, -0.05) is 35.9 Å². The summed E-state index contributed by atoms with van der Waals surface area (Å²) in [6.45, 7) is 2.02. The van der Waals surface area contributed by atoms with Crippen LogP contribution in [-0.2, 0) is 5.75 Å². The van der Waals surface area contributed by atoms with E-state index in [-0.39, 0.29) is 5.78 Å². The van der Waals surface area contributed by atoms with Gasteiger partial charge in [0.15, 0.2) is 5.78 Å². The molecule has 0 saturated carbocycles. The van der Waals surface area contributed by atoms with Crippen molar-refractivity contribution in [3.05, 3.63) is 64.7 Å². The molecule has 0 saturated heterocycles. The minimum absolute atomic E-state index is 0.157. The van der Waals surface area contributed by atoms with Gasteiger partial charge in [-0.05, 0) is 24.6 Å². The van der Waals surface area contributed by atoms with Gasteiger partial charge in [-0.3, -0.25) is 4.79 Å². The lowest BCUT2D eigenvalue weighted by Gasteiger charge is -2.05. The van der Waals surface area contributed by atoms with Crippen LogP contribution in [0.1, 0.15) is 27.0 Å². The molecule has 0 atom stereocenters. The topological polar surface area (TPSA) is 17.1 Å². The molecule has 0 spiro atoms. The van der Waals surface area contributed by atoms with E-state index in [0.717, 1.165) is 32.9 Å². The van der Waals surface area contributed by atoms with Crippen LogP contribution in [0.15, 0.2) is 47.4 Å². The van der Waals surface area contributed by atoms with Crippen molar-refractivity contribution in [3.63, 3.8) is 0 Å². The first-order valence-corrected chi connectivity index (χ1v) is 6.60. The summed E-state index contributed by atoms with van der Waals surface area (Å²) in [5.74, 6) is 1.03. The maximum atomic E-state index is 12.5. The van der Waals surface area contributed by atoms with Gasteiger partial charge in [0.1, 0.15) is 0 Å². The number of benzene rings is 2. The van der Waals surface area contributed by atoms with E-state index in [4.69, 9.17) is 0 Å². The van der Waals surface area contributed by atoms with E-state index in [1.165, 1.54) is 0 Å². The molecule has 0 radical (unpaired) electrons. The van der Waals surface area contributed by atoms with Crippen molar-refractivity contribution in [2.45, 2.75) is 17.6 Å². The number of carbonyl (C=O) groups excluding carboxylic acids is 1. The SMILES string of the molecule is Cc1ccc2c(c1)C(=O)c1ccccc1CS2. The Balaban J connectivity index is 2.22. The first-order valence-electron chi connectivity index (χ1n) is 5.62. The van der Waals surface area contributed by atoms with Crippen LogP contribution in [-0.4, -0.2) is 5.78 Å². The molecule has 0 aliphatic carbocycles. The highest BCUT2D eigenvalue weighted by molar-refractivity contribution is 7.98. The fourth-order valence-electron chi connectivity index (χ4n) is 2.12. The van der Waals surface area contributed by atoms with Crippen molar-refractivity contribution < 1.29 is 4.79 Å². The fraction of sp³-hybridized carbons (Fsp3) is 0.133. The Morgan fingerprint density at radius 2 is 1.88 bits per heavy atom. The van der Waals surface area contributed by atoms with Gasteiger partial charge in [0, 0.05) is 21.8 Å². The standard InChI is InChI=1S/C15H12OS/c1-10-6-7-14-13(8-10)15(16)12-5-3-2-4-11(12)9-17-14/h2-8H,9H2,1H3. The van der Waals surface area contributed by atoms with Crippen molar-refractivity contribution in [1.82, 2.24) is 0 Å². The first-order chi connectivity index (χ1) is 8.25. The maximum Gasteiger partial charge on any atom is 0.194 e. The molecule has 0 N–H and O–H groups in total. The zero-order chi connectivity index (χ0) is 11.8. The molecule has 2 heteroatoms. The lowest BCUT2D eigenvalue weighted by Crippen LogP contribution is -2.03. The van der Waals surface area contributed by atoms with Gasteiger partial charge < -0.3 is 0 Å². The van der Waals surface area contributed by atoms with Crippen LogP contribution in [0.4, 0.5) is 0 Å². The quantitative estimate of drug-likeness (QED) is 0.696. The number of thioether (sulfide) groups is 1. The molecule has 0 aromatic heterocycles. The number of rotatable bonds is 0. The van der Waals surface area contributed by atoms with Crippen LogP contribution in [0.5, 0.6) is 0 Å². The summed E-state index contributed by atoms with van der Waals surface area (Å²) in [6, 6.07) is 14.0. The second kappa shape index (κ2) is 4.04. The normalized spacial score (nSPS) is 13.8. The van der Waals surface area contributed by atoms with Crippen molar-refractivity contribution >= 4 is 17.5 Å². The molecule has 1 aliphatic heterocycles. The molecule has 0 fully saturated rings. The average Bonchev–Trinajstić information content (AvgIpc) is 2.49. The number of carbonyl (C=O) groups is 1. The van der Waals surface area contributed by atoms with Crippen molar-refractivity contribution in [2.24, 2.45) is 0 Å². The summed E-state index contributed by atoms with van der Waals surface area (Å²) in [5, 5.41) is 0. The molecule has 2 aromatic carbocycles. The van der Waals surface area contributed by atoms with Crippen molar-refractivity contribution in [1.29, 1.82) is 0 Å². The monoisotopic (exact) mass is 240 g/mol. The van der Waals surface area contributed by atoms with E-state index >= 15 is 0 Å². The Labute approximate surface area is 105 Å². The van der Waals surface area contributed by atoms with Crippen LogP contribution in [0.2, 0.25) is 0 Å². The highest BCUT2D eigenvalue weighted by Gasteiger charge is 2.20. The molecule has 3 rings (SSSR count). The largest absolute Gasteiger partial charge is 0.289 e. The van der Waals surface area contributed by atoms with Gasteiger partial charge in [0.05, 0.1) is 0 Å². The van der Waals surface area contributed by atoms with Crippen LogP contribution in [0.25, 0.3) is 0 Å². The molecule has 84 valence electrons. The predicted octanol–water partition coefficient (Wildman–Crippen LogP) is 3.83. The maximum absolute atomic E-state index is 12.5. The van der Waals surface area contributed by atoms with E-state index in [2.05, 4.69) is 12.1 Å². The smallest absolute Gasteiger partial charge is 0.194 e. The lowest BCUT2D eigenvalue weighted by molar-refractivity contribution is 0.103. The Morgan fingerprint density at radius 1 is 1.06 bits per heavy atom. The number of hydrogen-bond acceptors (Lipinski definition) is 2. The third kappa shape index (κ3) is 1.79. The molecule has 1 heterocycles. The van der Waals surface area contributed by atoms with E-state index in [1.807, 2.05) is 37.3 Å². The Bertz CT molecular complexity index is 602. The molecule has 17 heavy (non-hydrogen) atoms. The van der Waals surface area contributed by atoms with E-state index in [1.54, 1.807) is 11.8 Å². The first kappa shape index (κ1) is 10.6. The molecule has 2 aromatic rings. The van der Waals surface area contributed by atoms with Crippen molar-refractivity contribution in [2.75, 3.05) is 0 Å². The van der Waals surface area contributed by atoms with Crippen molar-refractivity contribution in [3.8, 4) is 0 Å². The summed E-state index contributed by atoms with van der Waals surface area (Å²) in [4.78, 5) is 13.6. The summed E-state index contributed by atoms with van der Waals surface area (Å²) in [5.41, 5.74) is 3.97. The Hall–Kier alpha value is -1.54. The van der Waals surface area contributed by atoms with Crippen LogP contribution in [0, 0.1) is 6.92 Å². The average molecular weight is 240 g/mol. The molecule has 0 unspecified atom stereocenters. The summed E-state index contributed by atoms with van der Waals surface area (Å²) < 4.78 is 0. The van der Waals surface area contributed by atoms with E-state index in [0.29, 0.717) is 0 Å². The van der Waals surface area contributed by atoms with Gasteiger partial charge in [-0.2, -0.15) is 0 Å². The van der Waals surface area contributed by atoms with E-state index in [9.17, 15) is 4.79 Å². The summed E-state index contributed by atoms with van der Waals surface area (Å²) in [7, 11) is 0. The highest BCUT2D eigenvalue weighted by Crippen LogP contribution is 2.33. The second-order valence-electron chi connectivity index (χ2n) is 4.27. The second-order valence-corrected chi connectivity index (χ2v) is 5.29. The Kier molecular flexibility index (Phi) is 2.52. The molecule has 0 bridgehead atoms. The van der Waals surface area contributed by atoms with Gasteiger partial charge in [0.2, 0.25) is 0 Å². The molecule has 0 amide bonds. The summed E-state index contributed by atoms with van der Waals surface area (Å²) >= 11 is 1.74.